The first kappa shape index (κ1) is 67.7. The van der Waals surface area contributed by atoms with E-state index in [4.69, 9.17) is 85.5 Å². The number of rotatable bonds is 2. The molecular formula is C66H74Cl6N8O6. The van der Waals surface area contributed by atoms with E-state index in [9.17, 15) is 19.2 Å². The second-order valence-electron chi connectivity index (χ2n) is 25.6. The van der Waals surface area contributed by atoms with Crippen molar-refractivity contribution in [1.82, 2.24) is 40.0 Å². The van der Waals surface area contributed by atoms with Crippen LogP contribution in [0.15, 0.2) is 72.8 Å². The molecule has 4 aliphatic heterocycles. The largest absolute Gasteiger partial charge is 0.444 e. The van der Waals surface area contributed by atoms with Crippen molar-refractivity contribution in [3.63, 3.8) is 0 Å². The van der Waals surface area contributed by atoms with Crippen molar-refractivity contribution in [2.24, 2.45) is 57.2 Å². The third-order valence-electron chi connectivity index (χ3n) is 15.5. The molecule has 0 spiro atoms. The Kier molecular flexibility index (Phi) is 22.2. The van der Waals surface area contributed by atoms with Crippen molar-refractivity contribution in [1.29, 1.82) is 0 Å². The van der Waals surface area contributed by atoms with Crippen LogP contribution in [0.5, 0.6) is 0 Å². The Labute approximate surface area is 537 Å². The Morgan fingerprint density at radius 1 is 0.535 bits per heavy atom. The number of carbonyl (C=O) groups is 4. The van der Waals surface area contributed by atoms with E-state index in [1.54, 1.807) is 60.0 Å². The predicted octanol–water partition coefficient (Wildman–Crippen LogP) is 13.3. The Morgan fingerprint density at radius 2 is 0.872 bits per heavy atom. The van der Waals surface area contributed by atoms with Crippen molar-refractivity contribution in [2.45, 2.75) is 106 Å². The Hall–Kier alpha value is -5.78. The first-order chi connectivity index (χ1) is 40.3. The summed E-state index contributed by atoms with van der Waals surface area (Å²) < 4.78 is 10.7. The lowest BCUT2D eigenvalue weighted by atomic mass is 10.1. The van der Waals surface area contributed by atoms with E-state index in [2.05, 4.69) is 66.7 Å². The summed E-state index contributed by atoms with van der Waals surface area (Å²) in [6.45, 7) is 25.2. The Bertz CT molecular complexity index is 3390. The van der Waals surface area contributed by atoms with Gasteiger partial charge in [-0.1, -0.05) is 134 Å². The molecule has 14 nitrogen and oxygen atoms in total. The monoisotopic (exact) mass is 1280 g/mol. The Morgan fingerprint density at radius 3 is 1.19 bits per heavy atom. The quantitative estimate of drug-likeness (QED) is 0.116. The highest BCUT2D eigenvalue weighted by Crippen LogP contribution is 2.59. The number of ether oxygens (including phenoxy) is 2. The van der Waals surface area contributed by atoms with E-state index in [1.807, 2.05) is 96.7 Å². The van der Waals surface area contributed by atoms with Gasteiger partial charge in [-0.2, -0.15) is 0 Å². The first-order valence-electron chi connectivity index (χ1n) is 28.7. The number of piperidine rings is 4. The minimum atomic E-state index is -0.465. The van der Waals surface area contributed by atoms with Gasteiger partial charge in [0, 0.05) is 63.1 Å². The van der Waals surface area contributed by atoms with Crippen molar-refractivity contribution < 1.29 is 28.7 Å². The van der Waals surface area contributed by atoms with Crippen LogP contribution in [0.3, 0.4) is 0 Å². The molecule has 4 aromatic heterocycles. The summed E-state index contributed by atoms with van der Waals surface area (Å²) >= 11 is 33.4. The molecule has 4 aliphatic carbocycles. The van der Waals surface area contributed by atoms with Crippen LogP contribution in [0, 0.1) is 105 Å². The smallest absolute Gasteiger partial charge is 0.410 e. The molecule has 0 aromatic carbocycles. The third-order valence-corrected chi connectivity index (χ3v) is 17.0. The minimum Gasteiger partial charge on any atom is -0.444 e. The molecule has 3 amide bonds. The summed E-state index contributed by atoms with van der Waals surface area (Å²) in [7, 11) is 0. The maximum atomic E-state index is 12.1. The van der Waals surface area contributed by atoms with Gasteiger partial charge in [0.1, 0.15) is 54.0 Å². The van der Waals surface area contributed by atoms with Gasteiger partial charge in [0.2, 0.25) is 11.1 Å². The van der Waals surface area contributed by atoms with Crippen LogP contribution in [0.2, 0.25) is 25.8 Å². The number of nitrogens with zero attached hydrogens (tertiary/aromatic N) is 7. The fourth-order valence-electron chi connectivity index (χ4n) is 10.4. The molecule has 86 heavy (non-hydrogen) atoms. The number of hydrogen-bond acceptors (Lipinski definition) is 11. The lowest BCUT2D eigenvalue weighted by Crippen LogP contribution is -2.37. The average molecular weight is 1290 g/mol. The van der Waals surface area contributed by atoms with Gasteiger partial charge in [0.25, 0.3) is 0 Å². The van der Waals surface area contributed by atoms with Crippen LogP contribution < -0.4 is 5.32 Å². The molecule has 8 fully saturated rings. The van der Waals surface area contributed by atoms with Crippen molar-refractivity contribution in [3.05, 3.63) is 116 Å². The second kappa shape index (κ2) is 28.1. The van der Waals surface area contributed by atoms with E-state index < -0.39 is 11.2 Å². The SMILES string of the molecule is C#CC12CC1CN(C(=O)OC(C)(C)C)C2.CC(C)(C)OC(=O)N1CC2CC2(C#Cc2cccc(Cl)n2)C1.CC(C)C(=O)Cl.CC(C)C(=O)N1CC2CC2(C#Cc2cccc(Cl)n2)C1.Clc1cccc(C#CC23CNCC2C3)n1.Clc1cccc(Cl)n1. The maximum absolute atomic E-state index is 12.1. The molecule has 12 rings (SSSR count). The van der Waals surface area contributed by atoms with Gasteiger partial charge in [-0.25, -0.2) is 29.5 Å². The van der Waals surface area contributed by atoms with Gasteiger partial charge in [0.05, 0.1) is 16.2 Å². The highest BCUT2D eigenvalue weighted by atomic mass is 35.5. The zero-order valence-electron chi connectivity index (χ0n) is 50.3. The number of nitrogens with one attached hydrogen (secondary N) is 1. The fourth-order valence-corrected chi connectivity index (χ4v) is 11.3. The number of hydrogen-bond donors (Lipinski definition) is 1. The summed E-state index contributed by atoms with van der Waals surface area (Å²) in [4.78, 5) is 67.4. The summed E-state index contributed by atoms with van der Waals surface area (Å²) in [6.07, 6.45) is 9.45. The highest BCUT2D eigenvalue weighted by molar-refractivity contribution is 6.63. The van der Waals surface area contributed by atoms with Crippen LogP contribution in [-0.2, 0) is 19.1 Å². The number of terminal acetylenes is 1. The molecule has 8 atom stereocenters. The lowest BCUT2D eigenvalue weighted by molar-refractivity contribution is -0.134. The number of amides is 3. The minimum absolute atomic E-state index is 0.00848. The maximum Gasteiger partial charge on any atom is 0.410 e. The Balaban J connectivity index is 0.000000154. The van der Waals surface area contributed by atoms with Crippen molar-refractivity contribution >= 4 is 92.9 Å². The molecule has 20 heteroatoms. The number of halogens is 6. The number of likely N-dealkylation sites (tertiary alicyclic amines) is 3. The first-order valence-corrected chi connectivity index (χ1v) is 31.0. The molecule has 4 saturated heterocycles. The van der Waals surface area contributed by atoms with Crippen LogP contribution in [0.4, 0.5) is 9.59 Å². The van der Waals surface area contributed by atoms with Crippen molar-refractivity contribution in [3.8, 4) is 47.9 Å². The van der Waals surface area contributed by atoms with Crippen LogP contribution >= 0.6 is 69.6 Å². The number of aromatic nitrogens is 4. The van der Waals surface area contributed by atoms with E-state index in [0.717, 1.165) is 70.1 Å². The topological polar surface area (TPSA) is 160 Å². The predicted molar refractivity (Wildman–Crippen MR) is 339 cm³/mol. The normalized spacial score (nSPS) is 25.8. The average Bonchev–Trinajstić information content (AvgIpc) is 1.73. The zero-order valence-corrected chi connectivity index (χ0v) is 54.8. The molecule has 8 heterocycles. The fraction of sp³-hybridized carbons (Fsp3) is 0.515. The van der Waals surface area contributed by atoms with Gasteiger partial charge in [0.15, 0.2) is 0 Å². The van der Waals surface area contributed by atoms with Gasteiger partial charge < -0.3 is 29.5 Å². The molecule has 0 bridgehead atoms. The molecule has 4 saturated carbocycles. The van der Waals surface area contributed by atoms with E-state index >= 15 is 0 Å². The zero-order chi connectivity index (χ0) is 63.0. The molecule has 0 radical (unpaired) electrons. The lowest BCUT2D eigenvalue weighted by Gasteiger charge is -2.25. The molecule has 4 aromatic rings. The number of pyridine rings is 4. The molecule has 8 aliphatic rings. The summed E-state index contributed by atoms with van der Waals surface area (Å²) in [5, 5.41) is 5.37. The van der Waals surface area contributed by atoms with E-state index in [1.165, 1.54) is 6.42 Å². The van der Waals surface area contributed by atoms with Gasteiger partial charge in [-0.15, -0.1) is 6.42 Å². The number of carbonyl (C=O) groups excluding carboxylic acids is 4. The van der Waals surface area contributed by atoms with Gasteiger partial charge in [-0.3, -0.25) is 9.59 Å². The standard InChI is InChI=1S/C17H19ClN2O2.C16H17ClN2O.C12H11ClN2.C12H17NO2.C5H3Cl2N.C4H7ClO/c1-16(2,3)22-15(21)20-10-12-9-17(12,11-20)8-7-13-5-4-6-14(18)19-13;1-11(2)15(20)19-9-12-8-16(12,10-19)7-6-13-4-3-5-14(17)18-13;13-11-3-1-2-10(15-11)4-5-12-6-9(12)7-14-8-12;1-5-12-6-9(12)7-13(8-12)10(14)15-11(2,3)4;6-4-2-1-3-5(7)8-4;1-3(2)4(5)6/h4-6,12H,9-11H2,1-3H3;3-5,11-12H,8-10H2,1-2H3;1-3,9,14H,6-8H2;1,9H,6-8H2,2-4H3;1-3H;3H,1-2H3. The van der Waals surface area contributed by atoms with Gasteiger partial charge in [-0.05, 0) is 175 Å². The molecule has 456 valence electrons. The van der Waals surface area contributed by atoms with Crippen LogP contribution in [-0.4, -0.2) is 122 Å². The second-order valence-corrected chi connectivity index (χ2v) is 27.9. The highest BCUT2D eigenvalue weighted by Gasteiger charge is 2.62. The third kappa shape index (κ3) is 19.4. The summed E-state index contributed by atoms with van der Waals surface area (Å²) in [5.41, 5.74) is 1.42. The van der Waals surface area contributed by atoms with Crippen molar-refractivity contribution in [2.75, 3.05) is 52.4 Å². The van der Waals surface area contributed by atoms with Gasteiger partial charge >= 0.3 is 12.2 Å². The van der Waals surface area contributed by atoms with Crippen LogP contribution in [0.25, 0.3) is 0 Å². The molecular weight excluding hydrogens is 1210 g/mol. The number of fused-ring (bicyclic) bond motifs is 4. The summed E-state index contributed by atoms with van der Waals surface area (Å²) in [6, 6.07) is 21.5. The molecule has 8 unspecified atom stereocenters. The molecule has 1 N–H and O–H groups in total. The summed E-state index contributed by atoms with van der Waals surface area (Å²) in [5.74, 6) is 24.7. The van der Waals surface area contributed by atoms with E-state index in [-0.39, 0.29) is 56.8 Å². The van der Waals surface area contributed by atoms with E-state index in [0.29, 0.717) is 68.0 Å². The van der Waals surface area contributed by atoms with Crippen LogP contribution in [0.1, 0.15) is 112 Å².